The number of nitrogens with one attached hydrogen (secondary N) is 1. The molecular formula is C23H22N2O7S. The first-order chi connectivity index (χ1) is 15.8. The molecule has 0 aliphatic heterocycles. The molecule has 1 aromatic carbocycles. The average Bonchev–Trinajstić information content (AvgIpc) is 3.42. The van der Waals surface area contributed by atoms with Gasteiger partial charge in [0, 0.05) is 4.88 Å². The molecule has 10 heteroatoms. The average molecular weight is 471 g/mol. The third kappa shape index (κ3) is 4.34. The quantitative estimate of drug-likeness (QED) is 0.303. The summed E-state index contributed by atoms with van der Waals surface area (Å²) in [4.78, 5) is 37.4. The first-order valence-corrected chi connectivity index (χ1v) is 11.1. The van der Waals surface area contributed by atoms with E-state index in [9.17, 15) is 19.7 Å². The number of nitro benzene ring substituents is 1. The minimum Gasteiger partial charge on any atom is -0.497 e. The Hall–Kier alpha value is -3.66. The van der Waals surface area contributed by atoms with Crippen molar-refractivity contribution in [3.63, 3.8) is 0 Å². The predicted molar refractivity (Wildman–Crippen MR) is 122 cm³/mol. The third-order valence-corrected chi connectivity index (χ3v) is 6.79. The summed E-state index contributed by atoms with van der Waals surface area (Å²) < 4.78 is 15.6. The van der Waals surface area contributed by atoms with Gasteiger partial charge in [0.2, 0.25) is 0 Å². The van der Waals surface area contributed by atoms with Crippen LogP contribution in [0.4, 0.5) is 10.7 Å². The summed E-state index contributed by atoms with van der Waals surface area (Å²) in [6.45, 7) is 2.15. The highest BCUT2D eigenvalue weighted by Crippen LogP contribution is 2.40. The topological polar surface area (TPSA) is 121 Å². The number of amides is 1. The summed E-state index contributed by atoms with van der Waals surface area (Å²) in [6, 6.07) is 7.29. The van der Waals surface area contributed by atoms with Crippen LogP contribution in [0.2, 0.25) is 0 Å². The van der Waals surface area contributed by atoms with Gasteiger partial charge >= 0.3 is 5.97 Å². The van der Waals surface area contributed by atoms with E-state index in [0.29, 0.717) is 22.2 Å². The number of nitro groups is 1. The standard InChI is InChI=1S/C23H22N2O7S/c1-12-4-6-15-19(10-12)33-22(20(15)23(27)31-3)24-21(26)18-9-8-17(32-18)14-7-5-13(30-2)11-16(14)25(28)29/h5,7-9,11-12H,4,6,10H2,1-3H3,(H,24,26). The van der Waals surface area contributed by atoms with Crippen LogP contribution in [0.3, 0.4) is 0 Å². The Morgan fingerprint density at radius 3 is 2.73 bits per heavy atom. The van der Waals surface area contributed by atoms with Crippen LogP contribution in [0.25, 0.3) is 11.3 Å². The lowest BCUT2D eigenvalue weighted by molar-refractivity contribution is -0.384. The number of nitrogens with zero attached hydrogens (tertiary/aromatic N) is 1. The van der Waals surface area contributed by atoms with Gasteiger partial charge in [-0.3, -0.25) is 14.9 Å². The molecule has 1 amide bonds. The fraction of sp³-hybridized carbons (Fsp3) is 0.304. The number of benzene rings is 1. The van der Waals surface area contributed by atoms with Crippen molar-refractivity contribution in [1.82, 2.24) is 0 Å². The number of ether oxygens (including phenoxy) is 2. The van der Waals surface area contributed by atoms with Crippen molar-refractivity contribution in [2.45, 2.75) is 26.2 Å². The Balaban J connectivity index is 1.63. The van der Waals surface area contributed by atoms with Crippen LogP contribution in [-0.2, 0) is 17.6 Å². The highest BCUT2D eigenvalue weighted by Gasteiger charge is 2.29. The van der Waals surface area contributed by atoms with E-state index in [1.54, 1.807) is 6.07 Å². The van der Waals surface area contributed by atoms with Crippen LogP contribution in [0.15, 0.2) is 34.7 Å². The molecular weight excluding hydrogens is 448 g/mol. The van der Waals surface area contributed by atoms with Crippen LogP contribution < -0.4 is 10.1 Å². The molecule has 0 saturated carbocycles. The fourth-order valence-corrected chi connectivity index (χ4v) is 5.32. The zero-order valence-corrected chi connectivity index (χ0v) is 19.1. The molecule has 2 heterocycles. The lowest BCUT2D eigenvalue weighted by Crippen LogP contribution is -2.15. The first kappa shape index (κ1) is 22.5. The van der Waals surface area contributed by atoms with Gasteiger partial charge < -0.3 is 19.2 Å². The van der Waals surface area contributed by atoms with Crippen molar-refractivity contribution in [1.29, 1.82) is 0 Å². The van der Waals surface area contributed by atoms with Crippen LogP contribution in [0.5, 0.6) is 5.75 Å². The number of hydrogen-bond acceptors (Lipinski definition) is 8. The van der Waals surface area contributed by atoms with Gasteiger partial charge in [-0.25, -0.2) is 4.79 Å². The minimum atomic E-state index is -0.561. The van der Waals surface area contributed by atoms with Gasteiger partial charge in [0.25, 0.3) is 11.6 Å². The van der Waals surface area contributed by atoms with E-state index in [0.717, 1.165) is 29.7 Å². The largest absolute Gasteiger partial charge is 0.497 e. The Morgan fingerprint density at radius 1 is 1.24 bits per heavy atom. The SMILES string of the molecule is COC(=O)c1c(NC(=O)c2ccc(-c3ccc(OC)cc3[N+](=O)[O-])o2)sc2c1CCC(C)C2. The van der Waals surface area contributed by atoms with E-state index < -0.39 is 16.8 Å². The predicted octanol–water partition coefficient (Wildman–Crippen LogP) is 5.09. The molecule has 1 aliphatic carbocycles. The monoisotopic (exact) mass is 470 g/mol. The van der Waals surface area contributed by atoms with Gasteiger partial charge in [-0.15, -0.1) is 11.3 Å². The smallest absolute Gasteiger partial charge is 0.341 e. The molecule has 1 atom stereocenters. The highest BCUT2D eigenvalue weighted by molar-refractivity contribution is 7.17. The molecule has 0 radical (unpaired) electrons. The zero-order valence-electron chi connectivity index (χ0n) is 18.3. The van der Waals surface area contributed by atoms with Crippen molar-refractivity contribution >= 4 is 33.9 Å². The lowest BCUT2D eigenvalue weighted by Gasteiger charge is -2.18. The van der Waals surface area contributed by atoms with Crippen molar-refractivity contribution in [3.8, 4) is 17.1 Å². The molecule has 1 N–H and O–H groups in total. The maximum absolute atomic E-state index is 12.9. The molecule has 1 unspecified atom stereocenters. The summed E-state index contributed by atoms with van der Waals surface area (Å²) in [5.41, 5.74) is 1.32. The summed E-state index contributed by atoms with van der Waals surface area (Å²) in [6.07, 6.45) is 2.55. The van der Waals surface area contributed by atoms with Gasteiger partial charge in [-0.05, 0) is 55.0 Å². The molecule has 172 valence electrons. The second kappa shape index (κ2) is 9.07. The van der Waals surface area contributed by atoms with Crippen LogP contribution in [0, 0.1) is 16.0 Å². The van der Waals surface area contributed by atoms with E-state index in [2.05, 4.69) is 12.2 Å². The fourth-order valence-electron chi connectivity index (χ4n) is 3.92. The molecule has 4 rings (SSSR count). The van der Waals surface area contributed by atoms with Gasteiger partial charge in [0.1, 0.15) is 16.5 Å². The lowest BCUT2D eigenvalue weighted by atomic mass is 9.88. The number of carbonyl (C=O) groups is 2. The number of anilines is 1. The van der Waals surface area contributed by atoms with E-state index in [1.807, 2.05) is 0 Å². The van der Waals surface area contributed by atoms with Gasteiger partial charge in [0.15, 0.2) is 5.76 Å². The van der Waals surface area contributed by atoms with Crippen molar-refractivity contribution in [2.75, 3.05) is 19.5 Å². The maximum Gasteiger partial charge on any atom is 0.341 e. The minimum absolute atomic E-state index is 0.0364. The molecule has 0 fully saturated rings. The zero-order chi connectivity index (χ0) is 23.7. The number of rotatable bonds is 6. The summed E-state index contributed by atoms with van der Waals surface area (Å²) >= 11 is 1.37. The number of methoxy groups -OCH3 is 2. The van der Waals surface area contributed by atoms with E-state index in [4.69, 9.17) is 13.9 Å². The second-order valence-corrected chi connectivity index (χ2v) is 8.91. The number of thiophene rings is 1. The van der Waals surface area contributed by atoms with Crippen molar-refractivity contribution in [2.24, 2.45) is 5.92 Å². The molecule has 0 bridgehead atoms. The number of esters is 1. The number of carbonyl (C=O) groups excluding carboxylic acids is 2. The molecule has 0 saturated heterocycles. The van der Waals surface area contributed by atoms with E-state index >= 15 is 0 Å². The van der Waals surface area contributed by atoms with E-state index in [-0.39, 0.29) is 22.8 Å². The Kier molecular flexibility index (Phi) is 6.19. The molecule has 33 heavy (non-hydrogen) atoms. The van der Waals surface area contributed by atoms with Crippen LogP contribution in [0.1, 0.15) is 44.7 Å². The first-order valence-electron chi connectivity index (χ1n) is 10.3. The number of furan rings is 1. The molecule has 1 aliphatic rings. The number of fused-ring (bicyclic) bond motifs is 1. The van der Waals surface area contributed by atoms with Crippen LogP contribution in [-0.4, -0.2) is 31.0 Å². The second-order valence-electron chi connectivity index (χ2n) is 7.81. The normalized spacial score (nSPS) is 14.9. The highest BCUT2D eigenvalue weighted by atomic mass is 32.1. The molecule has 2 aromatic heterocycles. The van der Waals surface area contributed by atoms with Gasteiger partial charge in [-0.1, -0.05) is 6.92 Å². The molecule has 9 nitrogen and oxygen atoms in total. The molecule has 3 aromatic rings. The Morgan fingerprint density at radius 2 is 2.03 bits per heavy atom. The number of hydrogen-bond donors (Lipinski definition) is 1. The third-order valence-electron chi connectivity index (χ3n) is 5.63. The van der Waals surface area contributed by atoms with Crippen molar-refractivity contribution in [3.05, 3.63) is 62.2 Å². The van der Waals surface area contributed by atoms with Gasteiger partial charge in [0.05, 0.1) is 36.3 Å². The summed E-state index contributed by atoms with van der Waals surface area (Å²) in [5, 5.41) is 14.7. The van der Waals surface area contributed by atoms with E-state index in [1.165, 1.54) is 49.8 Å². The molecule has 0 spiro atoms. The Labute approximate surface area is 193 Å². The summed E-state index contributed by atoms with van der Waals surface area (Å²) in [7, 11) is 2.73. The van der Waals surface area contributed by atoms with Crippen LogP contribution >= 0.6 is 11.3 Å². The van der Waals surface area contributed by atoms with Gasteiger partial charge in [-0.2, -0.15) is 0 Å². The summed E-state index contributed by atoms with van der Waals surface area (Å²) in [5.74, 6) is -0.0902. The Bertz CT molecular complexity index is 1240. The maximum atomic E-state index is 12.9. The van der Waals surface area contributed by atoms with Crippen molar-refractivity contribution < 1.29 is 28.4 Å².